The van der Waals surface area contributed by atoms with Crippen LogP contribution in [-0.2, 0) is 4.74 Å². The van der Waals surface area contributed by atoms with Crippen molar-refractivity contribution < 1.29 is 18.3 Å². The van der Waals surface area contributed by atoms with Gasteiger partial charge in [-0.1, -0.05) is 0 Å². The molecule has 0 spiro atoms. The van der Waals surface area contributed by atoms with Crippen LogP contribution >= 0.6 is 0 Å². The van der Waals surface area contributed by atoms with Gasteiger partial charge in [-0.05, 0) is 51.8 Å². The van der Waals surface area contributed by atoms with Crippen LogP contribution in [0.1, 0.15) is 45.7 Å². The Morgan fingerprint density at radius 1 is 1.15 bits per heavy atom. The monoisotopic (exact) mass is 456 g/mol. The first-order valence-corrected chi connectivity index (χ1v) is 11.0. The standard InChI is InChI=1S/C23H26F2N6O2/c1-23(2,3)33-22(32)31-14-5-6-15(31)12-30(11-14)17-8-9-26-21-18(17)28-20(29-21)13-4-7-16(19(24)25)27-10-13/h4,7-10,14-15,19H,5-6,11-12H2,1-3H3,(H,26,28,29). The number of fused-ring (bicyclic) bond motifs is 3. The Kier molecular flexibility index (Phi) is 5.18. The molecule has 2 unspecified atom stereocenters. The van der Waals surface area contributed by atoms with Crippen molar-refractivity contribution in [1.82, 2.24) is 24.8 Å². The van der Waals surface area contributed by atoms with Crippen molar-refractivity contribution in [3.63, 3.8) is 0 Å². The van der Waals surface area contributed by atoms with Crippen LogP contribution in [0.5, 0.6) is 0 Å². The molecule has 3 aromatic heterocycles. The number of nitrogens with zero attached hydrogens (tertiary/aromatic N) is 5. The van der Waals surface area contributed by atoms with Crippen molar-refractivity contribution in [1.29, 1.82) is 0 Å². The van der Waals surface area contributed by atoms with Gasteiger partial charge in [-0.2, -0.15) is 0 Å². The van der Waals surface area contributed by atoms with Gasteiger partial charge < -0.3 is 14.6 Å². The topological polar surface area (TPSA) is 87.2 Å². The van der Waals surface area contributed by atoms with Crippen LogP contribution < -0.4 is 4.90 Å². The van der Waals surface area contributed by atoms with E-state index >= 15 is 0 Å². The average molecular weight is 456 g/mol. The molecule has 0 aromatic carbocycles. The summed E-state index contributed by atoms with van der Waals surface area (Å²) in [4.78, 5) is 33.0. The van der Waals surface area contributed by atoms with Gasteiger partial charge in [0.1, 0.15) is 22.6 Å². The van der Waals surface area contributed by atoms with Crippen molar-refractivity contribution in [3.8, 4) is 11.4 Å². The van der Waals surface area contributed by atoms with E-state index in [1.807, 2.05) is 31.7 Å². The highest BCUT2D eigenvalue weighted by Gasteiger charge is 2.44. The van der Waals surface area contributed by atoms with Crippen LogP contribution in [0, 0.1) is 0 Å². The number of amides is 1. The van der Waals surface area contributed by atoms with Gasteiger partial charge in [0.15, 0.2) is 5.65 Å². The van der Waals surface area contributed by atoms with E-state index in [-0.39, 0.29) is 23.9 Å². The lowest BCUT2D eigenvalue weighted by Crippen LogP contribution is -2.56. The zero-order valence-corrected chi connectivity index (χ0v) is 18.8. The van der Waals surface area contributed by atoms with Crippen molar-refractivity contribution in [2.24, 2.45) is 0 Å². The third-order valence-corrected chi connectivity index (χ3v) is 6.08. The number of rotatable bonds is 3. The normalized spacial score (nSPS) is 20.7. The van der Waals surface area contributed by atoms with E-state index in [0.717, 1.165) is 24.0 Å². The first-order valence-electron chi connectivity index (χ1n) is 11.0. The maximum absolute atomic E-state index is 12.8. The highest BCUT2D eigenvalue weighted by molar-refractivity contribution is 5.88. The molecule has 0 radical (unpaired) electrons. The Morgan fingerprint density at radius 2 is 1.88 bits per heavy atom. The molecule has 2 saturated heterocycles. The number of nitrogens with one attached hydrogen (secondary N) is 1. The molecule has 0 saturated carbocycles. The average Bonchev–Trinajstić information content (AvgIpc) is 3.31. The SMILES string of the molecule is CC(C)(C)OC(=O)N1C2CCC1CN(c1ccnc3nc(-c4ccc(C(F)F)nc4)[nH]c13)C2. The minimum absolute atomic E-state index is 0.0790. The predicted molar refractivity (Wildman–Crippen MR) is 119 cm³/mol. The molecule has 2 aliphatic heterocycles. The maximum atomic E-state index is 12.8. The molecule has 5 heterocycles. The molecule has 2 atom stereocenters. The molecule has 10 heteroatoms. The van der Waals surface area contributed by atoms with Crippen LogP contribution in [0.2, 0.25) is 0 Å². The minimum Gasteiger partial charge on any atom is -0.444 e. The van der Waals surface area contributed by atoms with Gasteiger partial charge in [-0.15, -0.1) is 0 Å². The molecule has 1 amide bonds. The van der Waals surface area contributed by atoms with E-state index in [9.17, 15) is 13.6 Å². The van der Waals surface area contributed by atoms with Crippen LogP contribution in [0.3, 0.4) is 0 Å². The van der Waals surface area contributed by atoms with Crippen LogP contribution in [-0.4, -0.2) is 61.7 Å². The maximum Gasteiger partial charge on any atom is 0.410 e. The Bertz CT molecular complexity index is 1160. The number of hydrogen-bond donors (Lipinski definition) is 1. The molecule has 8 nitrogen and oxygen atoms in total. The summed E-state index contributed by atoms with van der Waals surface area (Å²) in [5.74, 6) is 0.522. The van der Waals surface area contributed by atoms with Crippen molar-refractivity contribution in [2.75, 3.05) is 18.0 Å². The molecule has 5 rings (SSSR count). The predicted octanol–water partition coefficient (Wildman–Crippen LogP) is 4.55. The number of carbonyl (C=O) groups is 1. The number of hydrogen-bond acceptors (Lipinski definition) is 6. The van der Waals surface area contributed by atoms with Gasteiger partial charge in [0.05, 0.1) is 17.8 Å². The second-order valence-electron chi connectivity index (χ2n) is 9.56. The third kappa shape index (κ3) is 4.09. The fraction of sp³-hybridized carbons (Fsp3) is 0.478. The van der Waals surface area contributed by atoms with Gasteiger partial charge in [-0.25, -0.2) is 23.5 Å². The number of anilines is 1. The van der Waals surface area contributed by atoms with E-state index in [0.29, 0.717) is 30.1 Å². The van der Waals surface area contributed by atoms with Gasteiger partial charge in [-0.3, -0.25) is 9.88 Å². The number of imidazole rings is 1. The van der Waals surface area contributed by atoms with E-state index in [2.05, 4.69) is 24.8 Å². The van der Waals surface area contributed by atoms with Gasteiger partial charge in [0.2, 0.25) is 0 Å². The second kappa shape index (κ2) is 7.93. The fourth-order valence-electron chi connectivity index (χ4n) is 4.68. The molecule has 0 aliphatic carbocycles. The zero-order chi connectivity index (χ0) is 23.3. The number of halogens is 2. The number of H-pyrrole nitrogens is 1. The summed E-state index contributed by atoms with van der Waals surface area (Å²) >= 11 is 0. The van der Waals surface area contributed by atoms with Gasteiger partial charge in [0.25, 0.3) is 6.43 Å². The number of aromatic nitrogens is 4. The molecule has 33 heavy (non-hydrogen) atoms. The Hall–Kier alpha value is -3.30. The summed E-state index contributed by atoms with van der Waals surface area (Å²) in [5.41, 5.74) is 2.08. The second-order valence-corrected chi connectivity index (χ2v) is 9.56. The first-order chi connectivity index (χ1) is 15.7. The number of ether oxygens (including phenoxy) is 1. The van der Waals surface area contributed by atoms with E-state index < -0.39 is 12.0 Å². The van der Waals surface area contributed by atoms with Crippen LogP contribution in [0.15, 0.2) is 30.6 Å². The Morgan fingerprint density at radius 3 is 2.48 bits per heavy atom. The Balaban J connectivity index is 1.40. The number of pyridine rings is 2. The van der Waals surface area contributed by atoms with E-state index in [4.69, 9.17) is 4.74 Å². The summed E-state index contributed by atoms with van der Waals surface area (Å²) in [6, 6.07) is 4.97. The lowest BCUT2D eigenvalue weighted by Gasteiger charge is -2.42. The number of aromatic amines is 1. The molecule has 1 N–H and O–H groups in total. The van der Waals surface area contributed by atoms with Gasteiger partial charge >= 0.3 is 6.09 Å². The summed E-state index contributed by atoms with van der Waals surface area (Å²) in [6.45, 7) is 7.01. The largest absolute Gasteiger partial charge is 0.444 e. The summed E-state index contributed by atoms with van der Waals surface area (Å²) in [7, 11) is 0. The number of alkyl halides is 2. The molecule has 3 aromatic rings. The quantitative estimate of drug-likeness (QED) is 0.622. The zero-order valence-electron chi connectivity index (χ0n) is 18.8. The van der Waals surface area contributed by atoms with Crippen LogP contribution in [0.4, 0.5) is 19.3 Å². The fourth-order valence-corrected chi connectivity index (χ4v) is 4.68. The lowest BCUT2D eigenvalue weighted by molar-refractivity contribution is 0.0123. The van der Waals surface area contributed by atoms with Crippen molar-refractivity contribution in [3.05, 3.63) is 36.3 Å². The molecular formula is C23H26F2N6O2. The lowest BCUT2D eigenvalue weighted by atomic mass is 10.1. The number of piperazine rings is 1. The van der Waals surface area contributed by atoms with Crippen LogP contribution in [0.25, 0.3) is 22.6 Å². The number of carbonyl (C=O) groups excluding carboxylic acids is 1. The van der Waals surface area contributed by atoms with Gasteiger partial charge in [0, 0.05) is 31.0 Å². The summed E-state index contributed by atoms with van der Waals surface area (Å²) in [5, 5.41) is 0. The molecule has 2 aliphatic rings. The third-order valence-electron chi connectivity index (χ3n) is 6.08. The Labute approximate surface area is 190 Å². The highest BCUT2D eigenvalue weighted by atomic mass is 19.3. The van der Waals surface area contributed by atoms with Crippen molar-refractivity contribution in [2.45, 2.75) is 57.7 Å². The summed E-state index contributed by atoms with van der Waals surface area (Å²) in [6.07, 6.45) is 2.10. The molecular weight excluding hydrogens is 430 g/mol. The highest BCUT2D eigenvalue weighted by Crippen LogP contribution is 2.36. The van der Waals surface area contributed by atoms with E-state index in [1.54, 1.807) is 12.3 Å². The summed E-state index contributed by atoms with van der Waals surface area (Å²) < 4.78 is 31.3. The molecule has 2 fully saturated rings. The van der Waals surface area contributed by atoms with E-state index in [1.165, 1.54) is 12.3 Å². The first kappa shape index (κ1) is 21.5. The minimum atomic E-state index is -2.61. The molecule has 2 bridgehead atoms. The molecule has 174 valence electrons. The van der Waals surface area contributed by atoms with Crippen molar-refractivity contribution >= 4 is 22.9 Å². The smallest absolute Gasteiger partial charge is 0.410 e.